The Morgan fingerprint density at radius 1 is 1.11 bits per heavy atom. The van der Waals surface area contributed by atoms with Crippen LogP contribution in [0.15, 0.2) is 59.7 Å². The molecule has 134 valence electrons. The van der Waals surface area contributed by atoms with Crippen molar-refractivity contribution in [2.45, 2.75) is 19.9 Å². The quantitative estimate of drug-likeness (QED) is 0.579. The zero-order valence-corrected chi connectivity index (χ0v) is 15.1. The number of H-pyrrole nitrogens is 1. The van der Waals surface area contributed by atoms with E-state index in [1.54, 1.807) is 10.6 Å². The van der Waals surface area contributed by atoms with Crippen molar-refractivity contribution >= 4 is 10.9 Å². The Morgan fingerprint density at radius 3 is 2.85 bits per heavy atom. The van der Waals surface area contributed by atoms with Crippen molar-refractivity contribution in [2.75, 3.05) is 6.54 Å². The molecule has 0 saturated heterocycles. The van der Waals surface area contributed by atoms with E-state index in [0.717, 1.165) is 47.5 Å². The maximum Gasteiger partial charge on any atom is 0.255 e. The molecule has 0 fully saturated rings. The van der Waals surface area contributed by atoms with Gasteiger partial charge in [-0.25, -0.2) is 0 Å². The largest absolute Gasteiger partial charge is 0.358 e. The highest BCUT2D eigenvalue weighted by atomic mass is 16.1. The molecule has 0 amide bonds. The van der Waals surface area contributed by atoms with Gasteiger partial charge in [-0.1, -0.05) is 12.1 Å². The third-order valence-corrected chi connectivity index (χ3v) is 5.24. The molecule has 2 N–H and O–H groups in total. The predicted octanol–water partition coefficient (Wildman–Crippen LogP) is 3.33. The van der Waals surface area contributed by atoms with Gasteiger partial charge in [-0.2, -0.15) is 0 Å². The summed E-state index contributed by atoms with van der Waals surface area (Å²) in [5.41, 5.74) is 7.27. The fourth-order valence-corrected chi connectivity index (χ4v) is 3.78. The van der Waals surface area contributed by atoms with E-state index in [2.05, 4.69) is 27.4 Å². The van der Waals surface area contributed by atoms with E-state index in [9.17, 15) is 4.79 Å². The maximum absolute atomic E-state index is 12.7. The normalized spacial score (nSPS) is 13.7. The molecule has 0 bridgehead atoms. The van der Waals surface area contributed by atoms with Crippen LogP contribution in [0.3, 0.4) is 0 Å². The molecule has 5 nitrogen and oxygen atoms in total. The summed E-state index contributed by atoms with van der Waals surface area (Å²) in [6.45, 7) is 3.90. The molecule has 0 unspecified atom stereocenters. The third-order valence-electron chi connectivity index (χ3n) is 5.24. The molecule has 4 heterocycles. The topological polar surface area (TPSA) is 62.7 Å². The molecule has 0 radical (unpaired) electrons. The van der Waals surface area contributed by atoms with Gasteiger partial charge in [0, 0.05) is 60.1 Å². The summed E-state index contributed by atoms with van der Waals surface area (Å²) in [6.07, 6.45) is 4.65. The van der Waals surface area contributed by atoms with Crippen LogP contribution in [0.5, 0.6) is 0 Å². The Morgan fingerprint density at radius 2 is 2.04 bits per heavy atom. The van der Waals surface area contributed by atoms with Crippen LogP contribution in [-0.4, -0.2) is 21.1 Å². The molecule has 3 aromatic heterocycles. The van der Waals surface area contributed by atoms with Crippen molar-refractivity contribution < 1.29 is 0 Å². The summed E-state index contributed by atoms with van der Waals surface area (Å²) in [5, 5.41) is 4.65. The molecule has 4 aromatic rings. The zero-order chi connectivity index (χ0) is 18.4. The van der Waals surface area contributed by atoms with Gasteiger partial charge in [-0.15, -0.1) is 0 Å². The second kappa shape index (κ2) is 6.21. The summed E-state index contributed by atoms with van der Waals surface area (Å²) in [5.74, 6) is 0. The van der Waals surface area contributed by atoms with Gasteiger partial charge in [0.2, 0.25) is 0 Å². The minimum atomic E-state index is -0.0628. The lowest BCUT2D eigenvalue weighted by molar-refractivity contribution is 0.641. The van der Waals surface area contributed by atoms with E-state index in [-0.39, 0.29) is 5.56 Å². The Kier molecular flexibility index (Phi) is 3.69. The van der Waals surface area contributed by atoms with Gasteiger partial charge < -0.3 is 10.3 Å². The van der Waals surface area contributed by atoms with E-state index >= 15 is 0 Å². The number of aryl methyl sites for hydroxylation is 1. The average molecular weight is 356 g/mol. The zero-order valence-electron chi connectivity index (χ0n) is 15.1. The lowest BCUT2D eigenvalue weighted by Crippen LogP contribution is -2.22. The number of pyridine rings is 2. The second-order valence-electron chi connectivity index (χ2n) is 7.08. The number of fused-ring (bicyclic) bond motifs is 3. The minimum Gasteiger partial charge on any atom is -0.358 e. The first-order valence-corrected chi connectivity index (χ1v) is 9.19. The van der Waals surface area contributed by atoms with Crippen LogP contribution >= 0.6 is 0 Å². The number of nitrogens with zero attached hydrogens (tertiary/aromatic N) is 2. The van der Waals surface area contributed by atoms with Crippen LogP contribution in [0.25, 0.3) is 27.8 Å². The molecule has 1 aliphatic rings. The number of nitrogens with one attached hydrogen (secondary N) is 2. The molecular weight excluding hydrogens is 336 g/mol. The van der Waals surface area contributed by atoms with E-state index in [1.807, 2.05) is 43.6 Å². The second-order valence-corrected chi connectivity index (χ2v) is 7.08. The van der Waals surface area contributed by atoms with Crippen molar-refractivity contribution in [3.8, 4) is 16.9 Å². The van der Waals surface area contributed by atoms with Gasteiger partial charge in [-0.05, 0) is 42.3 Å². The van der Waals surface area contributed by atoms with E-state index < -0.39 is 0 Å². The molecule has 1 aliphatic heterocycles. The lowest BCUT2D eigenvalue weighted by atomic mass is 10.1. The van der Waals surface area contributed by atoms with Crippen LogP contribution in [-0.2, 0) is 13.0 Å². The Bertz CT molecular complexity index is 1200. The first-order chi connectivity index (χ1) is 13.2. The van der Waals surface area contributed by atoms with Crippen LogP contribution in [0.4, 0.5) is 0 Å². The van der Waals surface area contributed by atoms with Gasteiger partial charge >= 0.3 is 0 Å². The number of hydrogen-bond donors (Lipinski definition) is 2. The number of benzene rings is 1. The number of aromatic amines is 1. The maximum atomic E-state index is 12.7. The fraction of sp³-hybridized carbons (Fsp3) is 0.182. The van der Waals surface area contributed by atoms with Crippen molar-refractivity contribution in [1.29, 1.82) is 0 Å². The van der Waals surface area contributed by atoms with Gasteiger partial charge in [0.05, 0.1) is 11.4 Å². The Hall–Kier alpha value is -3.18. The summed E-state index contributed by atoms with van der Waals surface area (Å²) >= 11 is 0. The molecular formula is C22H20N4O. The van der Waals surface area contributed by atoms with Crippen molar-refractivity contribution in [2.24, 2.45) is 0 Å². The number of aromatic nitrogens is 3. The molecule has 27 heavy (non-hydrogen) atoms. The van der Waals surface area contributed by atoms with Crippen LogP contribution in [0.2, 0.25) is 0 Å². The van der Waals surface area contributed by atoms with Gasteiger partial charge in [0.1, 0.15) is 0 Å². The monoisotopic (exact) mass is 356 g/mol. The van der Waals surface area contributed by atoms with E-state index in [1.165, 1.54) is 16.6 Å². The summed E-state index contributed by atoms with van der Waals surface area (Å²) in [4.78, 5) is 20.7. The van der Waals surface area contributed by atoms with Crippen LogP contribution in [0, 0.1) is 6.92 Å². The third kappa shape index (κ3) is 2.76. The molecule has 0 aliphatic carbocycles. The average Bonchev–Trinajstić information content (AvgIpc) is 3.06. The van der Waals surface area contributed by atoms with Crippen LogP contribution in [0.1, 0.15) is 16.8 Å². The van der Waals surface area contributed by atoms with Gasteiger partial charge in [-0.3, -0.25) is 14.3 Å². The first-order valence-electron chi connectivity index (χ1n) is 9.19. The van der Waals surface area contributed by atoms with E-state index in [0.29, 0.717) is 0 Å². The predicted molar refractivity (Wildman–Crippen MR) is 107 cm³/mol. The summed E-state index contributed by atoms with van der Waals surface area (Å²) in [6, 6.07) is 13.7. The highest BCUT2D eigenvalue weighted by Crippen LogP contribution is 2.26. The van der Waals surface area contributed by atoms with Gasteiger partial charge in [0.15, 0.2) is 0 Å². The van der Waals surface area contributed by atoms with Crippen molar-refractivity contribution in [1.82, 2.24) is 19.9 Å². The highest BCUT2D eigenvalue weighted by Gasteiger charge is 2.15. The lowest BCUT2D eigenvalue weighted by Gasteiger charge is -2.12. The molecule has 5 heteroatoms. The summed E-state index contributed by atoms with van der Waals surface area (Å²) in [7, 11) is 0. The Balaban J connectivity index is 1.56. The van der Waals surface area contributed by atoms with Gasteiger partial charge in [0.25, 0.3) is 5.56 Å². The first kappa shape index (κ1) is 16.0. The fourth-order valence-electron chi connectivity index (χ4n) is 3.78. The Labute approximate surface area is 156 Å². The van der Waals surface area contributed by atoms with E-state index in [4.69, 9.17) is 0 Å². The molecule has 0 atom stereocenters. The standard InChI is InChI=1S/C22H20N4O/c1-14-2-5-19(24-12-14)15-7-9-26(22(27)10-15)16-3-4-17-18-13-23-8-6-20(18)25-21(17)11-16/h2-5,7,9-12,23,25H,6,8,13H2,1H3. The SMILES string of the molecule is Cc1ccc(-c2ccn(-c3ccc4c5c([nH]c4c3)CCNC5)c(=O)c2)nc1. The molecule has 0 spiro atoms. The molecule has 1 aromatic carbocycles. The highest BCUT2D eigenvalue weighted by molar-refractivity contribution is 5.86. The number of rotatable bonds is 2. The smallest absolute Gasteiger partial charge is 0.255 e. The van der Waals surface area contributed by atoms with Crippen molar-refractivity contribution in [3.63, 3.8) is 0 Å². The molecule has 5 rings (SSSR count). The molecule has 0 saturated carbocycles. The van der Waals surface area contributed by atoms with Crippen LogP contribution < -0.4 is 10.9 Å². The van der Waals surface area contributed by atoms with Crippen molar-refractivity contribution in [3.05, 3.63) is 82.0 Å². The minimum absolute atomic E-state index is 0.0628. The summed E-state index contributed by atoms with van der Waals surface area (Å²) < 4.78 is 1.68. The number of hydrogen-bond acceptors (Lipinski definition) is 3.